The lowest BCUT2D eigenvalue weighted by atomic mass is 10.1. The molecule has 1 aliphatic rings. The van der Waals surface area contributed by atoms with Crippen LogP contribution < -0.4 is 5.32 Å². The number of fused-ring (bicyclic) bond motifs is 1. The summed E-state index contributed by atoms with van der Waals surface area (Å²) in [6, 6.07) is 3.56. The maximum atomic E-state index is 12.6. The second-order valence-electron chi connectivity index (χ2n) is 6.18. The molecule has 0 radical (unpaired) electrons. The molecule has 1 aromatic carbocycles. The summed E-state index contributed by atoms with van der Waals surface area (Å²) in [6.45, 7) is 0.633. The number of carbonyl (C=O) groups is 2. The van der Waals surface area contributed by atoms with Crippen LogP contribution in [0.5, 0.6) is 0 Å². The molecule has 0 fully saturated rings. The van der Waals surface area contributed by atoms with Crippen LogP contribution in [0.1, 0.15) is 20.8 Å². The van der Waals surface area contributed by atoms with Gasteiger partial charge >= 0.3 is 5.97 Å². The molecule has 2 heterocycles. The summed E-state index contributed by atoms with van der Waals surface area (Å²) in [6.07, 6.45) is 0.726. The van der Waals surface area contributed by atoms with Gasteiger partial charge in [-0.25, -0.2) is 4.79 Å². The van der Waals surface area contributed by atoms with Gasteiger partial charge in [0.05, 0.1) is 35.1 Å². The van der Waals surface area contributed by atoms with Gasteiger partial charge in [0.25, 0.3) is 11.4 Å². The number of rotatable bonds is 6. The Morgan fingerprint density at radius 1 is 1.28 bits per heavy atom. The monoisotopic (exact) mass is 420 g/mol. The zero-order valence-electron chi connectivity index (χ0n) is 15.2. The van der Waals surface area contributed by atoms with E-state index in [0.717, 1.165) is 31.2 Å². The molecule has 0 saturated heterocycles. The zero-order chi connectivity index (χ0) is 21.1. The van der Waals surface area contributed by atoms with Gasteiger partial charge in [-0.2, -0.15) is 0 Å². The van der Waals surface area contributed by atoms with Crippen LogP contribution in [-0.2, 0) is 22.5 Å². The molecule has 0 saturated carbocycles. The number of amides is 1. The van der Waals surface area contributed by atoms with E-state index < -0.39 is 27.2 Å². The molecular formula is C17H16N4O7S. The number of esters is 1. The Bertz CT molecular complexity index is 1000. The summed E-state index contributed by atoms with van der Waals surface area (Å²) >= 11 is 1.63. The molecule has 1 amide bonds. The van der Waals surface area contributed by atoms with Crippen molar-refractivity contribution in [1.82, 2.24) is 4.90 Å². The highest BCUT2D eigenvalue weighted by molar-refractivity contribution is 7.10. The molecule has 1 N–H and O–H groups in total. The Labute approximate surface area is 168 Å². The fourth-order valence-electron chi connectivity index (χ4n) is 3.06. The van der Waals surface area contributed by atoms with Crippen molar-refractivity contribution in [2.24, 2.45) is 0 Å². The van der Waals surface area contributed by atoms with Gasteiger partial charge in [-0.1, -0.05) is 0 Å². The second kappa shape index (κ2) is 8.22. The molecule has 0 unspecified atom stereocenters. The number of ether oxygens (including phenoxy) is 1. The van der Waals surface area contributed by atoms with Crippen LogP contribution in [0.2, 0.25) is 0 Å². The van der Waals surface area contributed by atoms with Gasteiger partial charge in [0, 0.05) is 24.0 Å². The second-order valence-corrected chi connectivity index (χ2v) is 7.18. The van der Waals surface area contributed by atoms with Gasteiger partial charge in [-0.05, 0) is 23.4 Å². The zero-order valence-corrected chi connectivity index (χ0v) is 16.1. The first-order valence-electron chi connectivity index (χ1n) is 8.43. The quantitative estimate of drug-likeness (QED) is 0.426. The Balaban J connectivity index is 1.85. The van der Waals surface area contributed by atoms with E-state index >= 15 is 0 Å². The summed E-state index contributed by atoms with van der Waals surface area (Å²) in [5, 5.41) is 27.0. The van der Waals surface area contributed by atoms with Crippen LogP contribution in [0.4, 0.5) is 17.1 Å². The Hall–Kier alpha value is -3.54. The van der Waals surface area contributed by atoms with Crippen molar-refractivity contribution >= 4 is 40.3 Å². The minimum Gasteiger partial charge on any atom is -0.465 e. The molecule has 0 aliphatic carbocycles. The van der Waals surface area contributed by atoms with Crippen LogP contribution in [-0.4, -0.2) is 46.8 Å². The van der Waals surface area contributed by atoms with Crippen molar-refractivity contribution in [1.29, 1.82) is 0 Å². The molecular weight excluding hydrogens is 404 g/mol. The summed E-state index contributed by atoms with van der Waals surface area (Å²) in [4.78, 5) is 48.2. The molecule has 12 heteroatoms. The van der Waals surface area contributed by atoms with Crippen molar-refractivity contribution in [2.45, 2.75) is 13.0 Å². The predicted molar refractivity (Wildman–Crippen MR) is 103 cm³/mol. The molecule has 152 valence electrons. The number of nitro groups is 2. The largest absolute Gasteiger partial charge is 0.465 e. The van der Waals surface area contributed by atoms with Crippen LogP contribution in [0.15, 0.2) is 23.6 Å². The van der Waals surface area contributed by atoms with Crippen molar-refractivity contribution in [3.8, 4) is 0 Å². The third-order valence-electron chi connectivity index (χ3n) is 4.49. The number of nitrogens with zero attached hydrogens (tertiary/aromatic N) is 3. The lowest BCUT2D eigenvalue weighted by Crippen LogP contribution is -2.39. The average molecular weight is 420 g/mol. The van der Waals surface area contributed by atoms with Gasteiger partial charge in [-0.15, -0.1) is 11.3 Å². The number of thiophene rings is 1. The fraction of sp³-hybridized carbons (Fsp3) is 0.294. The van der Waals surface area contributed by atoms with Crippen LogP contribution in [0.25, 0.3) is 0 Å². The molecule has 1 aliphatic heterocycles. The number of nitrogens with one attached hydrogen (secondary N) is 1. The summed E-state index contributed by atoms with van der Waals surface area (Å²) in [5.74, 6) is -1.31. The minimum absolute atomic E-state index is 0.297. The smallest absolute Gasteiger partial charge is 0.340 e. The van der Waals surface area contributed by atoms with E-state index in [1.807, 2.05) is 11.4 Å². The van der Waals surface area contributed by atoms with Crippen molar-refractivity contribution in [2.75, 3.05) is 25.5 Å². The molecule has 2 aromatic rings. The maximum Gasteiger partial charge on any atom is 0.340 e. The predicted octanol–water partition coefficient (Wildman–Crippen LogP) is 2.35. The van der Waals surface area contributed by atoms with E-state index in [1.165, 1.54) is 4.88 Å². The molecule has 1 aromatic heterocycles. The standard InChI is InChI=1S/C17H16N4O7S/c1-28-17(23)12-6-11(20(24)25)7-13(21(26)27)16(12)18-8-15(22)19-4-2-14-10(9-19)3-5-29-14/h3,5-7,18H,2,4,8-9H2,1H3. The minimum atomic E-state index is -0.993. The topological polar surface area (TPSA) is 145 Å². The lowest BCUT2D eigenvalue weighted by molar-refractivity contribution is -0.393. The summed E-state index contributed by atoms with van der Waals surface area (Å²) in [5.41, 5.74) is -0.943. The highest BCUT2D eigenvalue weighted by Crippen LogP contribution is 2.34. The number of hydrogen-bond donors (Lipinski definition) is 1. The molecule has 29 heavy (non-hydrogen) atoms. The number of methoxy groups -OCH3 is 1. The number of hydrogen-bond acceptors (Lipinski definition) is 9. The third kappa shape index (κ3) is 4.16. The van der Waals surface area contributed by atoms with Crippen molar-refractivity contribution < 1.29 is 24.2 Å². The highest BCUT2D eigenvalue weighted by atomic mass is 32.1. The van der Waals surface area contributed by atoms with E-state index in [2.05, 4.69) is 10.1 Å². The third-order valence-corrected chi connectivity index (χ3v) is 5.51. The van der Waals surface area contributed by atoms with E-state index in [-0.39, 0.29) is 23.7 Å². The molecule has 3 rings (SSSR count). The maximum absolute atomic E-state index is 12.6. The van der Waals surface area contributed by atoms with Gasteiger partial charge in [0.2, 0.25) is 5.91 Å². The van der Waals surface area contributed by atoms with E-state index in [4.69, 9.17) is 0 Å². The average Bonchev–Trinajstić information content (AvgIpc) is 3.18. The first kappa shape index (κ1) is 20.2. The van der Waals surface area contributed by atoms with Crippen LogP contribution in [0.3, 0.4) is 0 Å². The lowest BCUT2D eigenvalue weighted by Gasteiger charge is -2.27. The van der Waals surface area contributed by atoms with E-state index in [9.17, 15) is 29.8 Å². The van der Waals surface area contributed by atoms with Gasteiger partial charge in [-0.3, -0.25) is 25.0 Å². The first-order valence-corrected chi connectivity index (χ1v) is 9.31. The SMILES string of the molecule is COC(=O)c1cc([N+](=O)[O-])cc([N+](=O)[O-])c1NCC(=O)N1CCc2sccc2C1. The number of anilines is 1. The van der Waals surface area contributed by atoms with Gasteiger partial charge in [0.1, 0.15) is 5.69 Å². The van der Waals surface area contributed by atoms with Crippen LogP contribution in [0, 0.1) is 20.2 Å². The molecule has 0 spiro atoms. The first-order chi connectivity index (χ1) is 13.8. The normalized spacial score (nSPS) is 12.8. The Kier molecular flexibility index (Phi) is 5.73. The fourth-order valence-corrected chi connectivity index (χ4v) is 3.94. The van der Waals surface area contributed by atoms with Crippen molar-refractivity contribution in [3.05, 3.63) is 59.8 Å². The summed E-state index contributed by atoms with van der Waals surface area (Å²) < 4.78 is 4.58. The molecule has 0 bridgehead atoms. The number of benzene rings is 1. The van der Waals surface area contributed by atoms with Crippen molar-refractivity contribution in [3.63, 3.8) is 0 Å². The molecule has 0 atom stereocenters. The highest BCUT2D eigenvalue weighted by Gasteiger charge is 2.29. The Morgan fingerprint density at radius 2 is 2.03 bits per heavy atom. The summed E-state index contributed by atoms with van der Waals surface area (Å²) in [7, 11) is 1.05. The number of carbonyl (C=O) groups excluding carboxylic acids is 2. The number of non-ortho nitro benzene ring substituents is 1. The van der Waals surface area contributed by atoms with Crippen LogP contribution >= 0.6 is 11.3 Å². The van der Waals surface area contributed by atoms with Gasteiger partial charge in [0.15, 0.2) is 0 Å². The number of nitro benzene ring substituents is 2. The molecule has 11 nitrogen and oxygen atoms in total. The van der Waals surface area contributed by atoms with Gasteiger partial charge < -0.3 is 15.0 Å². The van der Waals surface area contributed by atoms with E-state index in [0.29, 0.717) is 13.1 Å². The Morgan fingerprint density at radius 3 is 2.69 bits per heavy atom. The van der Waals surface area contributed by atoms with E-state index in [1.54, 1.807) is 16.2 Å².